The van der Waals surface area contributed by atoms with Crippen LogP contribution in [0.3, 0.4) is 0 Å². The lowest BCUT2D eigenvalue weighted by Gasteiger charge is -2.24. The number of methoxy groups -OCH3 is 1. The number of ether oxygens (including phenoxy) is 2. The summed E-state index contributed by atoms with van der Waals surface area (Å²) in [7, 11) is -3.17. The summed E-state index contributed by atoms with van der Waals surface area (Å²) >= 11 is 0. The fourth-order valence-corrected chi connectivity index (χ4v) is 4.50. The first-order valence-electron chi connectivity index (χ1n) is 9.56. The Bertz CT molecular complexity index is 992. The Labute approximate surface area is 184 Å². The molecule has 12 nitrogen and oxygen atoms in total. The molecule has 0 amide bonds. The molecule has 0 radical (unpaired) electrons. The van der Waals surface area contributed by atoms with Gasteiger partial charge in [-0.25, -0.2) is 8.42 Å². The fraction of sp³-hybridized carbons (Fsp3) is 0.421. The van der Waals surface area contributed by atoms with E-state index in [2.05, 4.69) is 10.1 Å². The van der Waals surface area contributed by atoms with Crippen molar-refractivity contribution < 1.29 is 37.8 Å². The van der Waals surface area contributed by atoms with Crippen molar-refractivity contribution in [3.8, 4) is 0 Å². The van der Waals surface area contributed by atoms with Gasteiger partial charge >= 0.3 is 5.97 Å². The average Bonchev–Trinajstić information content (AvgIpc) is 2.80. The van der Waals surface area contributed by atoms with Crippen molar-refractivity contribution in [3.05, 3.63) is 58.0 Å². The molecular weight excluding hydrogens is 446 g/mol. The van der Waals surface area contributed by atoms with Crippen LogP contribution in [0.15, 0.2) is 52.8 Å². The van der Waals surface area contributed by atoms with Gasteiger partial charge in [0.25, 0.3) is 5.69 Å². The second-order valence-corrected chi connectivity index (χ2v) is 8.54. The van der Waals surface area contributed by atoms with Crippen molar-refractivity contribution in [2.45, 2.75) is 17.4 Å². The van der Waals surface area contributed by atoms with Crippen LogP contribution in [-0.2, 0) is 24.3 Å². The van der Waals surface area contributed by atoms with Gasteiger partial charge in [-0.1, -0.05) is 12.1 Å². The molecule has 0 saturated carbocycles. The van der Waals surface area contributed by atoms with Gasteiger partial charge in [-0.15, -0.1) is 0 Å². The lowest BCUT2D eigenvalue weighted by atomic mass is 10.1. The van der Waals surface area contributed by atoms with Crippen molar-refractivity contribution >= 4 is 21.7 Å². The second kappa shape index (κ2) is 11.6. The van der Waals surface area contributed by atoms with Gasteiger partial charge in [0.05, 0.1) is 37.7 Å². The van der Waals surface area contributed by atoms with E-state index in [4.69, 9.17) is 4.74 Å². The van der Waals surface area contributed by atoms with Crippen LogP contribution >= 0.6 is 0 Å². The monoisotopic (exact) mass is 471 g/mol. The van der Waals surface area contributed by atoms with Gasteiger partial charge in [0.2, 0.25) is 10.0 Å². The zero-order chi connectivity index (χ0) is 23.7. The number of carbonyl (C=O) groups is 1. The summed E-state index contributed by atoms with van der Waals surface area (Å²) in [5, 5.41) is 32.8. The van der Waals surface area contributed by atoms with Crippen LogP contribution in [-0.4, -0.2) is 79.9 Å². The van der Waals surface area contributed by atoms with E-state index >= 15 is 0 Å². The fourth-order valence-electron chi connectivity index (χ4n) is 2.92. The molecule has 176 valence electrons. The first kappa shape index (κ1) is 25.3. The van der Waals surface area contributed by atoms with E-state index in [0.29, 0.717) is 11.5 Å². The molecule has 0 spiro atoms. The number of aliphatic hydroxyl groups is 2. The molecule has 3 N–H and O–H groups in total. The van der Waals surface area contributed by atoms with Gasteiger partial charge < -0.3 is 25.0 Å². The van der Waals surface area contributed by atoms with Gasteiger partial charge in [0.1, 0.15) is 12.4 Å². The summed E-state index contributed by atoms with van der Waals surface area (Å²) in [6.07, 6.45) is 2.81. The maximum atomic E-state index is 13.1. The number of carbonyl (C=O) groups excluding carboxylic acids is 1. The van der Waals surface area contributed by atoms with Crippen LogP contribution in [0, 0.1) is 10.1 Å². The number of para-hydroxylation sites is 1. The van der Waals surface area contributed by atoms with Crippen LogP contribution in [0.1, 0.15) is 6.42 Å². The first-order valence-corrected chi connectivity index (χ1v) is 11.0. The smallest absolute Gasteiger partial charge is 0.306 e. The Morgan fingerprint density at radius 1 is 1.28 bits per heavy atom. The van der Waals surface area contributed by atoms with E-state index in [0.717, 1.165) is 16.4 Å². The lowest BCUT2D eigenvalue weighted by molar-refractivity contribution is -0.387. The molecule has 0 aliphatic carbocycles. The Balaban J connectivity index is 2.22. The van der Waals surface area contributed by atoms with E-state index in [1.165, 1.54) is 25.3 Å². The molecule has 1 aromatic carbocycles. The van der Waals surface area contributed by atoms with E-state index < -0.39 is 37.5 Å². The Morgan fingerprint density at radius 2 is 2.00 bits per heavy atom. The molecule has 1 atom stereocenters. The predicted molar refractivity (Wildman–Crippen MR) is 112 cm³/mol. The Hall–Kier alpha value is -3.00. The first-order chi connectivity index (χ1) is 15.2. The molecule has 32 heavy (non-hydrogen) atoms. The molecular formula is C19H25N3O9S. The van der Waals surface area contributed by atoms with Crippen LogP contribution in [0.4, 0.5) is 5.69 Å². The topological polar surface area (TPSA) is 169 Å². The molecule has 1 heterocycles. The molecule has 0 saturated heterocycles. The standard InChI is InChI=1S/C19H25N3O9S/c1-30-19(25)6-7-21(32(28,29)18-5-3-2-4-17(18)22(26)27)8-9-31-16-10-14(12-23)20-15(11-16)13-24/h2-5,10-11,14,20,23-24H,6-9,12-13H2,1H3. The number of benzene rings is 1. The third kappa shape index (κ3) is 6.50. The average molecular weight is 471 g/mol. The van der Waals surface area contributed by atoms with Crippen molar-refractivity contribution in [1.29, 1.82) is 0 Å². The third-order valence-corrected chi connectivity index (χ3v) is 6.45. The van der Waals surface area contributed by atoms with E-state index in [1.54, 1.807) is 6.08 Å². The van der Waals surface area contributed by atoms with Crippen molar-refractivity contribution in [3.63, 3.8) is 0 Å². The zero-order valence-corrected chi connectivity index (χ0v) is 18.2. The minimum atomic E-state index is -4.34. The number of nitrogens with one attached hydrogen (secondary N) is 1. The molecule has 13 heteroatoms. The SMILES string of the molecule is COC(=O)CCN(CCOC1=CC(CO)NC(CO)=C1)S(=O)(=O)c1ccccc1[N+](=O)[O-]. The van der Waals surface area contributed by atoms with Crippen LogP contribution in [0.25, 0.3) is 0 Å². The highest BCUT2D eigenvalue weighted by molar-refractivity contribution is 7.89. The highest BCUT2D eigenvalue weighted by Gasteiger charge is 2.31. The summed E-state index contributed by atoms with van der Waals surface area (Å²) in [6, 6.07) is 4.44. The van der Waals surface area contributed by atoms with Crippen molar-refractivity contribution in [1.82, 2.24) is 9.62 Å². The number of rotatable bonds is 12. The molecule has 1 aliphatic heterocycles. The number of hydrogen-bond donors (Lipinski definition) is 3. The molecule has 2 rings (SSSR count). The number of dihydropyridines is 1. The minimum Gasteiger partial charge on any atom is -0.492 e. The number of hydrogen-bond acceptors (Lipinski definition) is 10. The quantitative estimate of drug-likeness (QED) is 0.212. The number of nitro benzene ring substituents is 1. The molecule has 1 unspecified atom stereocenters. The summed E-state index contributed by atoms with van der Waals surface area (Å²) < 4.78 is 37.4. The van der Waals surface area contributed by atoms with Gasteiger partial charge in [-0.2, -0.15) is 4.31 Å². The number of aliphatic hydroxyl groups excluding tert-OH is 2. The van der Waals surface area contributed by atoms with E-state index in [-0.39, 0.29) is 39.3 Å². The predicted octanol–water partition coefficient (Wildman–Crippen LogP) is -0.111. The number of nitro groups is 1. The molecule has 0 fully saturated rings. The molecule has 0 aromatic heterocycles. The Kier molecular flexibility index (Phi) is 9.13. The normalized spacial score (nSPS) is 16.1. The number of nitrogens with zero attached hydrogens (tertiary/aromatic N) is 2. The second-order valence-electron chi connectivity index (χ2n) is 6.63. The third-order valence-electron chi connectivity index (χ3n) is 4.50. The molecule has 1 aliphatic rings. The number of esters is 1. The van der Waals surface area contributed by atoms with Gasteiger partial charge in [-0.05, 0) is 12.1 Å². The zero-order valence-electron chi connectivity index (χ0n) is 17.3. The molecule has 1 aromatic rings. The lowest BCUT2D eigenvalue weighted by Crippen LogP contribution is -2.37. The van der Waals surface area contributed by atoms with Crippen LogP contribution in [0.5, 0.6) is 0 Å². The maximum Gasteiger partial charge on any atom is 0.306 e. The summed E-state index contributed by atoms with van der Waals surface area (Å²) in [5.74, 6) is -0.334. The van der Waals surface area contributed by atoms with E-state index in [9.17, 15) is 33.5 Å². The number of sulfonamides is 1. The maximum absolute atomic E-state index is 13.1. The summed E-state index contributed by atoms with van der Waals surface area (Å²) in [4.78, 5) is 21.6. The van der Waals surface area contributed by atoms with Crippen molar-refractivity contribution in [2.75, 3.05) is 40.0 Å². The summed E-state index contributed by atoms with van der Waals surface area (Å²) in [5.41, 5.74) is -0.171. The Morgan fingerprint density at radius 3 is 2.62 bits per heavy atom. The van der Waals surface area contributed by atoms with Gasteiger partial charge in [0, 0.05) is 30.9 Å². The van der Waals surface area contributed by atoms with Crippen molar-refractivity contribution in [2.24, 2.45) is 0 Å². The highest BCUT2D eigenvalue weighted by Crippen LogP contribution is 2.26. The largest absolute Gasteiger partial charge is 0.492 e. The minimum absolute atomic E-state index is 0.153. The van der Waals surface area contributed by atoms with Crippen LogP contribution in [0.2, 0.25) is 0 Å². The van der Waals surface area contributed by atoms with Gasteiger partial charge in [0.15, 0.2) is 4.90 Å². The van der Waals surface area contributed by atoms with E-state index in [1.807, 2.05) is 0 Å². The van der Waals surface area contributed by atoms with Gasteiger partial charge in [-0.3, -0.25) is 14.9 Å². The highest BCUT2D eigenvalue weighted by atomic mass is 32.2. The summed E-state index contributed by atoms with van der Waals surface area (Å²) in [6.45, 7) is -1.21. The van der Waals surface area contributed by atoms with Crippen LogP contribution < -0.4 is 5.32 Å². The number of allylic oxidation sites excluding steroid dienone is 1. The molecule has 0 bridgehead atoms.